The van der Waals surface area contributed by atoms with E-state index in [1.165, 1.54) is 35.8 Å². The molecule has 0 spiro atoms. The van der Waals surface area contributed by atoms with E-state index in [0.29, 0.717) is 0 Å². The number of hydrogen-bond acceptors (Lipinski definition) is 3. The highest BCUT2D eigenvalue weighted by Gasteiger charge is 2.22. The molecule has 120 valence electrons. The molecule has 1 aliphatic carbocycles. The molecule has 3 aromatic rings. The van der Waals surface area contributed by atoms with Crippen LogP contribution >= 0.6 is 11.3 Å². The number of hydrogen-bond donors (Lipinski definition) is 1. The van der Waals surface area contributed by atoms with Crippen molar-refractivity contribution in [1.29, 1.82) is 0 Å². The third kappa shape index (κ3) is 2.74. The zero-order valence-corrected chi connectivity index (χ0v) is 14.2. The summed E-state index contributed by atoms with van der Waals surface area (Å²) in [4.78, 5) is 28.3. The van der Waals surface area contributed by atoms with Crippen molar-refractivity contribution in [2.45, 2.75) is 25.7 Å². The minimum absolute atomic E-state index is 0.228. The van der Waals surface area contributed by atoms with Gasteiger partial charge in [0.05, 0.1) is 5.56 Å². The second-order valence-corrected chi connectivity index (χ2v) is 7.17. The Morgan fingerprint density at radius 1 is 1.21 bits per heavy atom. The summed E-state index contributed by atoms with van der Waals surface area (Å²) in [7, 11) is 0. The molecule has 0 unspecified atom stereocenters. The van der Waals surface area contributed by atoms with Crippen LogP contribution in [0.15, 0.2) is 46.6 Å². The van der Waals surface area contributed by atoms with Gasteiger partial charge >= 0.3 is 0 Å². The van der Waals surface area contributed by atoms with Crippen molar-refractivity contribution in [2.24, 2.45) is 0 Å². The number of allylic oxidation sites excluding steroid dienone is 1. The number of rotatable bonds is 4. The molecule has 3 nitrogen and oxygen atoms in total. The Hall–Kier alpha value is -2.46. The lowest BCUT2D eigenvalue weighted by Gasteiger charge is -2.03. The number of thiophene rings is 1. The first-order valence-electron chi connectivity index (χ1n) is 8.06. The van der Waals surface area contributed by atoms with Crippen molar-refractivity contribution in [1.82, 2.24) is 4.98 Å². The maximum Gasteiger partial charge on any atom is 0.260 e. The van der Waals surface area contributed by atoms with Crippen molar-refractivity contribution < 1.29 is 4.79 Å². The topological polar surface area (TPSA) is 49.9 Å². The van der Waals surface area contributed by atoms with Crippen LogP contribution in [0.2, 0.25) is 0 Å². The van der Waals surface area contributed by atoms with Gasteiger partial charge in [0.15, 0.2) is 5.78 Å². The van der Waals surface area contributed by atoms with Gasteiger partial charge in [-0.15, -0.1) is 11.3 Å². The van der Waals surface area contributed by atoms with Gasteiger partial charge < -0.3 is 4.98 Å². The molecule has 0 saturated heterocycles. The molecule has 2 heterocycles. The summed E-state index contributed by atoms with van der Waals surface area (Å²) < 4.78 is 0. The lowest BCUT2D eigenvalue weighted by Crippen LogP contribution is -2.18. The van der Waals surface area contributed by atoms with Gasteiger partial charge in [-0.1, -0.05) is 30.3 Å². The molecule has 1 saturated carbocycles. The van der Waals surface area contributed by atoms with E-state index >= 15 is 0 Å². The molecule has 4 heteroatoms. The van der Waals surface area contributed by atoms with Crippen LogP contribution < -0.4 is 5.56 Å². The van der Waals surface area contributed by atoms with Gasteiger partial charge in [-0.25, -0.2) is 0 Å². The summed E-state index contributed by atoms with van der Waals surface area (Å²) in [6.45, 7) is 1.83. The lowest BCUT2D eigenvalue weighted by molar-refractivity contribution is 0.104. The number of aryl methyl sites for hydroxylation is 1. The Bertz CT molecular complexity index is 1000. The molecule has 1 fully saturated rings. The van der Waals surface area contributed by atoms with Crippen LogP contribution in [0.1, 0.15) is 45.8 Å². The summed E-state index contributed by atoms with van der Waals surface area (Å²) in [6, 6.07) is 10.2. The molecule has 4 rings (SSSR count). The number of fused-ring (bicyclic) bond motifs is 1. The fourth-order valence-electron chi connectivity index (χ4n) is 3.02. The minimum Gasteiger partial charge on any atom is -0.313 e. The van der Waals surface area contributed by atoms with Crippen molar-refractivity contribution in [2.75, 3.05) is 0 Å². The summed E-state index contributed by atoms with van der Waals surface area (Å²) in [6.07, 6.45) is 5.82. The summed E-state index contributed by atoms with van der Waals surface area (Å²) >= 11 is 1.47. The van der Waals surface area contributed by atoms with Crippen molar-refractivity contribution in [3.8, 4) is 0 Å². The molecule has 0 atom stereocenters. The lowest BCUT2D eigenvalue weighted by atomic mass is 10.0. The second-order valence-electron chi connectivity index (χ2n) is 6.26. The molecular weight excluding hydrogens is 318 g/mol. The van der Waals surface area contributed by atoms with Gasteiger partial charge in [-0.3, -0.25) is 9.59 Å². The van der Waals surface area contributed by atoms with E-state index < -0.39 is 0 Å². The fraction of sp³-hybridized carbons (Fsp3) is 0.200. The molecule has 0 aliphatic heterocycles. The van der Waals surface area contributed by atoms with Gasteiger partial charge in [0, 0.05) is 5.39 Å². The number of carbonyl (C=O) groups is 1. The van der Waals surface area contributed by atoms with Crippen LogP contribution in [-0.2, 0) is 0 Å². The highest BCUT2D eigenvalue weighted by Crippen LogP contribution is 2.39. The van der Waals surface area contributed by atoms with Gasteiger partial charge in [0.1, 0.15) is 4.83 Å². The Kier molecular flexibility index (Phi) is 3.69. The van der Waals surface area contributed by atoms with Crippen molar-refractivity contribution in [3.05, 3.63) is 74.4 Å². The molecule has 0 radical (unpaired) electrons. The number of aromatic nitrogens is 1. The van der Waals surface area contributed by atoms with Gasteiger partial charge in [0.25, 0.3) is 5.56 Å². The summed E-state index contributed by atoms with van der Waals surface area (Å²) in [5, 5.41) is 2.85. The first-order valence-corrected chi connectivity index (χ1v) is 8.94. The van der Waals surface area contributed by atoms with Crippen molar-refractivity contribution in [3.63, 3.8) is 0 Å². The van der Waals surface area contributed by atoms with Gasteiger partial charge in [-0.05, 0) is 59.9 Å². The van der Waals surface area contributed by atoms with Gasteiger partial charge in [0.2, 0.25) is 0 Å². The average molecular weight is 335 g/mol. The predicted octanol–water partition coefficient (Wildman–Crippen LogP) is 4.67. The Morgan fingerprint density at radius 3 is 2.67 bits per heavy atom. The highest BCUT2D eigenvalue weighted by atomic mass is 32.1. The largest absolute Gasteiger partial charge is 0.313 e. The highest BCUT2D eigenvalue weighted by molar-refractivity contribution is 7.16. The maximum absolute atomic E-state index is 12.5. The number of nitrogens with one attached hydrogen (secondary N) is 1. The zero-order chi connectivity index (χ0) is 16.7. The normalized spacial score (nSPS) is 14.5. The molecule has 2 aromatic heterocycles. The standard InChI is InChI=1S/C20H17NO2S/c1-12-16-10-11-24-20(16)21-19(23)18(12)17(22)9-4-13-2-5-14(6-3-13)15-7-8-15/h2-6,9-11,15H,7-8H2,1H3,(H,21,23). The predicted molar refractivity (Wildman–Crippen MR) is 99.0 cm³/mol. The molecule has 1 aliphatic rings. The van der Waals surface area contributed by atoms with Crippen LogP contribution in [-0.4, -0.2) is 10.8 Å². The number of benzene rings is 1. The van der Waals surface area contributed by atoms with Crippen LogP contribution in [0.3, 0.4) is 0 Å². The fourth-order valence-corrected chi connectivity index (χ4v) is 3.86. The smallest absolute Gasteiger partial charge is 0.260 e. The number of carbonyl (C=O) groups excluding carboxylic acids is 1. The first kappa shape index (κ1) is 15.1. The van der Waals surface area contributed by atoms with E-state index in [1.54, 1.807) is 6.08 Å². The number of H-pyrrole nitrogens is 1. The van der Waals surface area contributed by atoms with Crippen molar-refractivity contribution >= 4 is 33.4 Å². The minimum atomic E-state index is -0.318. The number of aromatic amines is 1. The molecule has 0 bridgehead atoms. The molecule has 0 amide bonds. The van der Waals surface area contributed by atoms with E-state index in [4.69, 9.17) is 0 Å². The number of pyridine rings is 1. The van der Waals surface area contributed by atoms with E-state index in [1.807, 2.05) is 30.5 Å². The van der Waals surface area contributed by atoms with Crippen LogP contribution in [0.4, 0.5) is 0 Å². The van der Waals surface area contributed by atoms with Crippen LogP contribution in [0.5, 0.6) is 0 Å². The SMILES string of the molecule is Cc1c(C(=O)C=Cc2ccc(C3CC3)cc2)c(=O)[nH]c2sccc12. The number of ketones is 1. The monoisotopic (exact) mass is 335 g/mol. The molecular formula is C20H17NO2S. The Balaban J connectivity index is 1.62. The third-order valence-electron chi connectivity index (χ3n) is 4.56. The average Bonchev–Trinajstić information content (AvgIpc) is 3.32. The summed E-state index contributed by atoms with van der Waals surface area (Å²) in [5.74, 6) is 0.469. The maximum atomic E-state index is 12.5. The second kappa shape index (κ2) is 5.87. The first-order chi connectivity index (χ1) is 11.6. The molecule has 24 heavy (non-hydrogen) atoms. The van der Waals surface area contributed by atoms with E-state index in [9.17, 15) is 9.59 Å². The van der Waals surface area contributed by atoms with Crippen LogP contribution in [0, 0.1) is 6.92 Å². The van der Waals surface area contributed by atoms with Gasteiger partial charge in [-0.2, -0.15) is 0 Å². The van der Waals surface area contributed by atoms with Crippen LogP contribution in [0.25, 0.3) is 16.3 Å². The zero-order valence-electron chi connectivity index (χ0n) is 13.3. The van der Waals surface area contributed by atoms with E-state index in [0.717, 1.165) is 27.3 Å². The molecule has 1 aromatic carbocycles. The summed E-state index contributed by atoms with van der Waals surface area (Å²) in [5.41, 5.74) is 2.99. The quantitative estimate of drug-likeness (QED) is 0.556. The Morgan fingerprint density at radius 2 is 1.96 bits per heavy atom. The Labute approximate surface area is 143 Å². The van der Waals surface area contributed by atoms with E-state index in [2.05, 4.69) is 17.1 Å². The van der Waals surface area contributed by atoms with E-state index in [-0.39, 0.29) is 16.9 Å². The molecule has 1 N–H and O–H groups in total. The third-order valence-corrected chi connectivity index (χ3v) is 5.39.